The normalized spacial score (nSPS) is 17.2. The Morgan fingerprint density at radius 3 is 2.23 bits per heavy atom. The highest BCUT2D eigenvalue weighted by molar-refractivity contribution is 7.90. The maximum absolute atomic E-state index is 14.9. The number of hydrogen-bond acceptors (Lipinski definition) is 4. The molecular formula is C35H39FN4O2S. The standard InChI is InChI=1S/C35H39FN4O2S/c1-25-17-21-31(22-18-25)43(41,42)39-35(37-29-13-7-3-8-14-29)40(30-15-9-4-10-16-30)34-32-24-28(36)20-19-27(32)23-33(38-34)26-11-5-2-6-12-26/h2,5-6,11-12,17-24,29-30H,3-4,7-10,13-16H2,1H3,(H,37,39). The monoisotopic (exact) mass is 598 g/mol. The summed E-state index contributed by atoms with van der Waals surface area (Å²) >= 11 is 0. The number of pyridine rings is 1. The maximum atomic E-state index is 14.9. The third kappa shape index (κ3) is 6.74. The molecule has 4 aromatic rings. The van der Waals surface area contributed by atoms with Gasteiger partial charge in [0.25, 0.3) is 10.0 Å². The zero-order valence-electron chi connectivity index (χ0n) is 24.7. The number of hydrogen-bond donors (Lipinski definition) is 1. The number of aromatic nitrogens is 1. The van der Waals surface area contributed by atoms with Crippen molar-refractivity contribution in [2.24, 2.45) is 4.99 Å². The van der Waals surface area contributed by atoms with Gasteiger partial charge >= 0.3 is 0 Å². The van der Waals surface area contributed by atoms with Crippen molar-refractivity contribution in [3.63, 3.8) is 0 Å². The van der Waals surface area contributed by atoms with Gasteiger partial charge in [-0.05, 0) is 68.3 Å². The fraction of sp³-hybridized carbons (Fsp3) is 0.371. The Kier molecular flexibility index (Phi) is 8.75. The number of anilines is 1. The Morgan fingerprint density at radius 2 is 1.53 bits per heavy atom. The molecule has 2 fully saturated rings. The van der Waals surface area contributed by atoms with E-state index in [1.165, 1.54) is 12.1 Å². The van der Waals surface area contributed by atoms with E-state index >= 15 is 0 Å². The van der Waals surface area contributed by atoms with Crippen LogP contribution in [0.5, 0.6) is 0 Å². The molecule has 1 aromatic heterocycles. The molecule has 3 aromatic carbocycles. The molecule has 1 N–H and O–H groups in total. The molecule has 0 atom stereocenters. The number of benzene rings is 3. The molecule has 6 rings (SSSR count). The van der Waals surface area contributed by atoms with Crippen LogP contribution in [-0.4, -0.2) is 31.4 Å². The van der Waals surface area contributed by atoms with Crippen molar-refractivity contribution in [3.05, 3.63) is 90.2 Å². The number of halogens is 1. The largest absolute Gasteiger partial charge is 0.293 e. The van der Waals surface area contributed by atoms with Crippen LogP contribution in [0.2, 0.25) is 0 Å². The third-order valence-corrected chi connectivity index (χ3v) is 10.0. The zero-order chi connectivity index (χ0) is 29.8. The van der Waals surface area contributed by atoms with E-state index in [0.29, 0.717) is 11.2 Å². The molecule has 0 saturated heterocycles. The second-order valence-electron chi connectivity index (χ2n) is 11.9. The van der Waals surface area contributed by atoms with Gasteiger partial charge in [0.2, 0.25) is 5.96 Å². The van der Waals surface area contributed by atoms with E-state index in [1.54, 1.807) is 30.3 Å². The van der Waals surface area contributed by atoms with Crippen LogP contribution in [0.4, 0.5) is 10.2 Å². The van der Waals surface area contributed by atoms with Crippen molar-refractivity contribution < 1.29 is 12.8 Å². The molecule has 2 aliphatic rings. The lowest BCUT2D eigenvalue weighted by atomic mass is 9.93. The molecule has 1 heterocycles. The Balaban J connectivity index is 1.56. The molecule has 6 nitrogen and oxygen atoms in total. The van der Waals surface area contributed by atoms with E-state index in [2.05, 4.69) is 4.72 Å². The summed E-state index contributed by atoms with van der Waals surface area (Å²) in [4.78, 5) is 12.5. The van der Waals surface area contributed by atoms with Crippen LogP contribution in [0, 0.1) is 12.7 Å². The molecule has 0 amide bonds. The van der Waals surface area contributed by atoms with Crippen molar-refractivity contribution in [1.29, 1.82) is 0 Å². The highest BCUT2D eigenvalue weighted by Crippen LogP contribution is 2.35. The van der Waals surface area contributed by atoms with Gasteiger partial charge < -0.3 is 0 Å². The second-order valence-corrected chi connectivity index (χ2v) is 13.6. The van der Waals surface area contributed by atoms with Crippen molar-refractivity contribution >= 4 is 32.6 Å². The average Bonchev–Trinajstić information content (AvgIpc) is 3.03. The van der Waals surface area contributed by atoms with E-state index < -0.39 is 10.0 Å². The van der Waals surface area contributed by atoms with Crippen LogP contribution in [0.15, 0.2) is 88.8 Å². The zero-order valence-corrected chi connectivity index (χ0v) is 25.5. The van der Waals surface area contributed by atoms with Crippen LogP contribution < -0.4 is 9.62 Å². The number of aliphatic imine (C=N–C) groups is 1. The van der Waals surface area contributed by atoms with Gasteiger partial charge in [-0.25, -0.2) is 27.5 Å². The van der Waals surface area contributed by atoms with Gasteiger partial charge in [0.15, 0.2) is 0 Å². The highest BCUT2D eigenvalue weighted by atomic mass is 32.2. The fourth-order valence-electron chi connectivity index (χ4n) is 6.35. The van der Waals surface area contributed by atoms with Gasteiger partial charge in [0.05, 0.1) is 16.6 Å². The molecule has 0 bridgehead atoms. The minimum atomic E-state index is -3.97. The van der Waals surface area contributed by atoms with E-state index in [9.17, 15) is 12.8 Å². The van der Waals surface area contributed by atoms with E-state index in [-0.39, 0.29) is 28.8 Å². The van der Waals surface area contributed by atoms with Crippen molar-refractivity contribution in [2.45, 2.75) is 88.1 Å². The van der Waals surface area contributed by atoms with Gasteiger partial charge in [-0.15, -0.1) is 0 Å². The number of aryl methyl sites for hydroxylation is 1. The van der Waals surface area contributed by atoms with Crippen molar-refractivity contribution in [2.75, 3.05) is 4.90 Å². The van der Waals surface area contributed by atoms with Crippen LogP contribution in [0.3, 0.4) is 0 Å². The molecular weight excluding hydrogens is 559 g/mol. The predicted octanol–water partition coefficient (Wildman–Crippen LogP) is 8.16. The van der Waals surface area contributed by atoms with Gasteiger partial charge in [0.1, 0.15) is 11.6 Å². The van der Waals surface area contributed by atoms with Gasteiger partial charge in [0, 0.05) is 17.0 Å². The molecule has 8 heteroatoms. The van der Waals surface area contributed by atoms with Gasteiger partial charge in [-0.2, -0.15) is 0 Å². The Hall–Kier alpha value is -3.78. The Bertz CT molecular complexity index is 1700. The van der Waals surface area contributed by atoms with Crippen LogP contribution in [0.1, 0.15) is 69.8 Å². The van der Waals surface area contributed by atoms with E-state index in [1.807, 2.05) is 48.2 Å². The van der Waals surface area contributed by atoms with E-state index in [0.717, 1.165) is 86.4 Å². The van der Waals surface area contributed by atoms with Crippen LogP contribution in [-0.2, 0) is 10.0 Å². The fourth-order valence-corrected chi connectivity index (χ4v) is 7.35. The first kappa shape index (κ1) is 29.3. The number of nitrogens with one attached hydrogen (secondary N) is 1. The topological polar surface area (TPSA) is 74.7 Å². The summed E-state index contributed by atoms with van der Waals surface area (Å²) in [5.74, 6) is 0.448. The number of guanidine groups is 1. The molecule has 43 heavy (non-hydrogen) atoms. The molecule has 0 spiro atoms. The summed E-state index contributed by atoms with van der Waals surface area (Å²) in [5, 5.41) is 1.47. The number of rotatable bonds is 6. The van der Waals surface area contributed by atoms with Gasteiger partial charge in [-0.1, -0.05) is 92.6 Å². The molecule has 2 aliphatic carbocycles. The SMILES string of the molecule is Cc1ccc(S(=O)(=O)NC(=NC2CCCCC2)N(c2nc(-c3ccccc3)cc3ccc(F)cc23)C2CCCCC2)cc1. The molecule has 2 saturated carbocycles. The average molecular weight is 599 g/mol. The third-order valence-electron chi connectivity index (χ3n) is 8.68. The summed E-state index contributed by atoms with van der Waals surface area (Å²) in [7, 11) is -3.97. The van der Waals surface area contributed by atoms with Crippen molar-refractivity contribution in [3.8, 4) is 11.3 Å². The lowest BCUT2D eigenvalue weighted by Crippen LogP contribution is -2.51. The highest BCUT2D eigenvalue weighted by Gasteiger charge is 2.32. The minimum absolute atomic E-state index is 0.00383. The lowest BCUT2D eigenvalue weighted by molar-refractivity contribution is 0.428. The molecule has 0 radical (unpaired) electrons. The molecule has 224 valence electrons. The number of nitrogens with zero attached hydrogens (tertiary/aromatic N) is 3. The van der Waals surface area contributed by atoms with Crippen LogP contribution in [0.25, 0.3) is 22.0 Å². The first-order valence-corrected chi connectivity index (χ1v) is 17.0. The summed E-state index contributed by atoms with van der Waals surface area (Å²) in [6, 6.07) is 23.4. The quantitative estimate of drug-likeness (QED) is 0.180. The number of sulfonamides is 1. The molecule has 0 unspecified atom stereocenters. The summed E-state index contributed by atoms with van der Waals surface area (Å²) < 4.78 is 45.6. The Labute approximate surface area is 254 Å². The predicted molar refractivity (Wildman–Crippen MR) is 172 cm³/mol. The van der Waals surface area contributed by atoms with Gasteiger partial charge in [-0.3, -0.25) is 4.90 Å². The minimum Gasteiger partial charge on any atom is -0.293 e. The summed E-state index contributed by atoms with van der Waals surface area (Å²) in [5.41, 5.74) is 2.66. The Morgan fingerprint density at radius 1 is 0.860 bits per heavy atom. The second kappa shape index (κ2) is 12.8. The number of fused-ring (bicyclic) bond motifs is 1. The molecule has 0 aliphatic heterocycles. The summed E-state index contributed by atoms with van der Waals surface area (Å²) in [6.07, 6.45) is 9.99. The lowest BCUT2D eigenvalue weighted by Gasteiger charge is -2.37. The smallest absolute Gasteiger partial charge is 0.264 e. The van der Waals surface area contributed by atoms with E-state index in [4.69, 9.17) is 9.98 Å². The first-order chi connectivity index (χ1) is 20.9. The van der Waals surface area contributed by atoms with Crippen LogP contribution >= 0.6 is 0 Å². The van der Waals surface area contributed by atoms with Crippen molar-refractivity contribution in [1.82, 2.24) is 9.71 Å². The summed E-state index contributed by atoms with van der Waals surface area (Å²) in [6.45, 7) is 1.93. The maximum Gasteiger partial charge on any atom is 0.264 e. The first-order valence-electron chi connectivity index (χ1n) is 15.5.